The van der Waals surface area contributed by atoms with Crippen molar-refractivity contribution in [3.63, 3.8) is 0 Å². The van der Waals surface area contributed by atoms with Crippen LogP contribution >= 0.6 is 0 Å². The normalized spacial score (nSPS) is 19.2. The number of hydrogen-bond acceptors (Lipinski definition) is 4. The summed E-state index contributed by atoms with van der Waals surface area (Å²) in [5.41, 5.74) is 0.511. The van der Waals surface area contributed by atoms with Gasteiger partial charge in [0.15, 0.2) is 0 Å². The topological polar surface area (TPSA) is 71.1 Å². The van der Waals surface area contributed by atoms with Crippen LogP contribution in [0, 0.1) is 0 Å². The Labute approximate surface area is 118 Å². The highest BCUT2D eigenvalue weighted by molar-refractivity contribution is 5.68. The van der Waals surface area contributed by atoms with E-state index in [9.17, 15) is 9.90 Å². The zero-order chi connectivity index (χ0) is 14.8. The minimum atomic E-state index is -0.516. The van der Waals surface area contributed by atoms with Crippen LogP contribution in [0.1, 0.15) is 26.3 Å². The molecule has 0 bridgehead atoms. The molecule has 1 aromatic carbocycles. The van der Waals surface area contributed by atoms with E-state index in [1.165, 1.54) is 0 Å². The lowest BCUT2D eigenvalue weighted by Crippen LogP contribution is -2.43. The third kappa shape index (κ3) is 4.74. The highest BCUT2D eigenvalue weighted by Crippen LogP contribution is 2.20. The van der Waals surface area contributed by atoms with Crippen molar-refractivity contribution in [2.24, 2.45) is 0 Å². The maximum atomic E-state index is 11.8. The van der Waals surface area contributed by atoms with Gasteiger partial charge in [-0.25, -0.2) is 4.79 Å². The number of carbonyl (C=O) groups is 1. The highest BCUT2D eigenvalue weighted by Gasteiger charge is 2.34. The van der Waals surface area contributed by atoms with Gasteiger partial charge in [0.05, 0.1) is 12.6 Å². The lowest BCUT2D eigenvalue weighted by molar-refractivity contribution is 0.0495. The van der Waals surface area contributed by atoms with Gasteiger partial charge in [-0.05, 0) is 44.9 Å². The van der Waals surface area contributed by atoms with E-state index in [0.29, 0.717) is 13.0 Å². The number of nitrogens with one attached hydrogen (secondary N) is 1. The Morgan fingerprint density at radius 2 is 2.05 bits per heavy atom. The number of aromatic hydroxyl groups is 1. The first-order chi connectivity index (χ1) is 9.33. The number of carbonyl (C=O) groups excluding carboxylic acids is 1. The second kappa shape index (κ2) is 5.71. The summed E-state index contributed by atoms with van der Waals surface area (Å²) >= 11 is 0. The molecule has 1 aliphatic heterocycles. The van der Waals surface area contributed by atoms with Crippen LogP contribution in [-0.4, -0.2) is 35.6 Å². The maximum Gasteiger partial charge on any atom is 0.407 e. The summed E-state index contributed by atoms with van der Waals surface area (Å²) in [6.45, 7) is 6.14. The van der Waals surface area contributed by atoms with Crippen molar-refractivity contribution in [2.75, 3.05) is 6.61 Å². The summed E-state index contributed by atoms with van der Waals surface area (Å²) in [5, 5.41) is 12.1. The number of ether oxygens (including phenoxy) is 2. The Kier molecular flexibility index (Phi) is 4.18. The van der Waals surface area contributed by atoms with Crippen molar-refractivity contribution in [3.8, 4) is 5.75 Å². The van der Waals surface area contributed by atoms with Gasteiger partial charge in [0.2, 0.25) is 0 Å². The summed E-state index contributed by atoms with van der Waals surface area (Å²) in [4.78, 5) is 11.8. The van der Waals surface area contributed by atoms with E-state index in [1.807, 2.05) is 32.9 Å². The van der Waals surface area contributed by atoms with Gasteiger partial charge in [0.25, 0.3) is 0 Å². The monoisotopic (exact) mass is 279 g/mol. The predicted molar refractivity (Wildman–Crippen MR) is 74.7 cm³/mol. The Morgan fingerprint density at radius 1 is 1.45 bits per heavy atom. The van der Waals surface area contributed by atoms with Crippen LogP contribution in [0.5, 0.6) is 5.75 Å². The van der Waals surface area contributed by atoms with Crippen LogP contribution in [0.3, 0.4) is 0 Å². The quantitative estimate of drug-likeness (QED) is 0.829. The molecule has 20 heavy (non-hydrogen) atoms. The van der Waals surface area contributed by atoms with Gasteiger partial charge in [0.1, 0.15) is 17.5 Å². The molecule has 1 aromatic rings. The van der Waals surface area contributed by atoms with Crippen molar-refractivity contribution in [1.29, 1.82) is 0 Å². The summed E-state index contributed by atoms with van der Waals surface area (Å²) < 4.78 is 10.5. The lowest BCUT2D eigenvalue weighted by atomic mass is 10.0. The van der Waals surface area contributed by atoms with E-state index in [-0.39, 0.29) is 17.9 Å². The molecule has 1 amide bonds. The predicted octanol–water partition coefficient (Wildman–Crippen LogP) is 2.23. The third-order valence-electron chi connectivity index (χ3n) is 2.90. The maximum absolute atomic E-state index is 11.8. The molecule has 1 aliphatic rings. The molecular formula is C15H21NO4. The molecule has 1 fully saturated rings. The fourth-order valence-corrected chi connectivity index (χ4v) is 1.91. The number of rotatable bonds is 4. The van der Waals surface area contributed by atoms with Crippen LogP contribution in [0.15, 0.2) is 24.3 Å². The number of hydrogen-bond donors (Lipinski definition) is 2. The second-order valence-corrected chi connectivity index (χ2v) is 6.00. The zero-order valence-corrected chi connectivity index (χ0v) is 12.1. The summed E-state index contributed by atoms with van der Waals surface area (Å²) in [6, 6.07) is 6.82. The second-order valence-electron chi connectivity index (χ2n) is 6.00. The van der Waals surface area contributed by atoms with Gasteiger partial charge in [-0.3, -0.25) is 0 Å². The molecule has 1 heterocycles. The molecule has 1 unspecified atom stereocenters. The molecular weight excluding hydrogens is 258 g/mol. The van der Waals surface area contributed by atoms with Gasteiger partial charge in [-0.2, -0.15) is 0 Å². The molecule has 2 rings (SSSR count). The van der Waals surface area contributed by atoms with Gasteiger partial charge < -0.3 is 19.9 Å². The number of amides is 1. The van der Waals surface area contributed by atoms with Crippen LogP contribution < -0.4 is 5.32 Å². The molecule has 5 nitrogen and oxygen atoms in total. The Balaban J connectivity index is 1.94. The largest absolute Gasteiger partial charge is 0.508 e. The Morgan fingerprint density at radius 3 is 2.55 bits per heavy atom. The van der Waals surface area contributed by atoms with Gasteiger partial charge in [-0.1, -0.05) is 12.1 Å². The van der Waals surface area contributed by atoms with E-state index >= 15 is 0 Å². The fraction of sp³-hybridized carbons (Fsp3) is 0.533. The van der Waals surface area contributed by atoms with E-state index in [2.05, 4.69) is 5.32 Å². The van der Waals surface area contributed by atoms with Crippen molar-refractivity contribution < 1.29 is 19.4 Å². The highest BCUT2D eigenvalue weighted by atomic mass is 16.6. The van der Waals surface area contributed by atoms with E-state index < -0.39 is 11.7 Å². The average molecular weight is 279 g/mol. The van der Waals surface area contributed by atoms with Crippen LogP contribution in [0.25, 0.3) is 0 Å². The van der Waals surface area contributed by atoms with E-state index in [0.717, 1.165) is 5.56 Å². The molecule has 0 aromatic heterocycles. The van der Waals surface area contributed by atoms with Gasteiger partial charge in [-0.15, -0.1) is 0 Å². The molecule has 5 heteroatoms. The van der Waals surface area contributed by atoms with Crippen molar-refractivity contribution in [1.82, 2.24) is 5.32 Å². The first-order valence-corrected chi connectivity index (χ1v) is 6.72. The number of benzene rings is 1. The SMILES string of the molecule is CC(C)(C)OC(=O)N[C@@H](Cc1ccc(O)cc1)C1CO1. The van der Waals surface area contributed by atoms with Crippen LogP contribution in [0.2, 0.25) is 0 Å². The number of alkyl carbamates (subject to hydrolysis) is 1. The standard InChI is InChI=1S/C15H21NO4/c1-15(2,3)20-14(18)16-12(13-9-19-13)8-10-4-6-11(17)7-5-10/h4-7,12-13,17H,8-9H2,1-3H3,(H,16,18)/t12-,13?/m0/s1. The van der Waals surface area contributed by atoms with Crippen molar-refractivity contribution in [2.45, 2.75) is 44.9 Å². The first kappa shape index (κ1) is 14.7. The fourth-order valence-electron chi connectivity index (χ4n) is 1.91. The van der Waals surface area contributed by atoms with Crippen molar-refractivity contribution in [3.05, 3.63) is 29.8 Å². The smallest absolute Gasteiger partial charge is 0.407 e. The Hall–Kier alpha value is -1.75. The number of phenolic OH excluding ortho intramolecular Hbond substituents is 1. The minimum Gasteiger partial charge on any atom is -0.508 e. The summed E-state index contributed by atoms with van der Waals surface area (Å²) in [7, 11) is 0. The summed E-state index contributed by atoms with van der Waals surface area (Å²) in [5.74, 6) is 0.230. The lowest BCUT2D eigenvalue weighted by Gasteiger charge is -2.23. The summed E-state index contributed by atoms with van der Waals surface area (Å²) in [6.07, 6.45) is 0.248. The van der Waals surface area contributed by atoms with Gasteiger partial charge >= 0.3 is 6.09 Å². The molecule has 1 saturated heterocycles. The van der Waals surface area contributed by atoms with Crippen LogP contribution in [-0.2, 0) is 15.9 Å². The molecule has 110 valence electrons. The molecule has 2 N–H and O–H groups in total. The molecule has 0 spiro atoms. The molecule has 0 radical (unpaired) electrons. The number of epoxide rings is 1. The average Bonchev–Trinajstić information content (AvgIpc) is 3.12. The minimum absolute atomic E-state index is 0.0383. The van der Waals surface area contributed by atoms with E-state index in [1.54, 1.807) is 12.1 Å². The van der Waals surface area contributed by atoms with Gasteiger partial charge in [0, 0.05) is 0 Å². The number of phenols is 1. The molecule has 0 saturated carbocycles. The Bertz CT molecular complexity index is 460. The third-order valence-corrected chi connectivity index (χ3v) is 2.90. The molecule has 0 aliphatic carbocycles. The first-order valence-electron chi connectivity index (χ1n) is 6.72. The molecule has 2 atom stereocenters. The van der Waals surface area contributed by atoms with E-state index in [4.69, 9.17) is 9.47 Å². The zero-order valence-electron chi connectivity index (χ0n) is 12.1. The van der Waals surface area contributed by atoms with Crippen LogP contribution in [0.4, 0.5) is 4.79 Å². The van der Waals surface area contributed by atoms with Crippen molar-refractivity contribution >= 4 is 6.09 Å².